The van der Waals surface area contributed by atoms with E-state index in [4.69, 9.17) is 4.42 Å². The zero-order chi connectivity index (χ0) is 20.4. The van der Waals surface area contributed by atoms with Crippen molar-refractivity contribution in [1.82, 2.24) is 10.3 Å². The van der Waals surface area contributed by atoms with Gasteiger partial charge in [-0.25, -0.2) is 9.37 Å². The Labute approximate surface area is 168 Å². The van der Waals surface area contributed by atoms with Crippen LogP contribution in [0.25, 0.3) is 11.1 Å². The second-order valence-corrected chi connectivity index (χ2v) is 7.77. The van der Waals surface area contributed by atoms with Gasteiger partial charge in [-0.05, 0) is 67.9 Å². The third-order valence-corrected chi connectivity index (χ3v) is 5.84. The van der Waals surface area contributed by atoms with Crippen molar-refractivity contribution >= 4 is 17.0 Å². The Bertz CT molecular complexity index is 989. The van der Waals surface area contributed by atoms with E-state index in [1.807, 2.05) is 31.2 Å². The quantitative estimate of drug-likeness (QED) is 0.641. The average Bonchev–Trinajstić information content (AvgIpc) is 3.18. The Morgan fingerprint density at radius 3 is 2.72 bits per heavy atom. The van der Waals surface area contributed by atoms with E-state index in [0.717, 1.165) is 48.7 Å². The van der Waals surface area contributed by atoms with Crippen LogP contribution in [0.4, 0.5) is 4.39 Å². The smallest absolute Gasteiger partial charge is 0.251 e. The lowest BCUT2D eigenvalue weighted by Gasteiger charge is -2.26. The van der Waals surface area contributed by atoms with Crippen molar-refractivity contribution in [1.29, 1.82) is 0 Å². The molecule has 0 unspecified atom stereocenters. The maximum atomic E-state index is 13.8. The summed E-state index contributed by atoms with van der Waals surface area (Å²) in [6.45, 7) is 2.37. The summed E-state index contributed by atoms with van der Waals surface area (Å²) >= 11 is 0. The number of carbonyl (C=O) groups excluding carboxylic acids is 1. The highest BCUT2D eigenvalue weighted by Gasteiger charge is 2.26. The van der Waals surface area contributed by atoms with Gasteiger partial charge in [-0.2, -0.15) is 0 Å². The number of rotatable bonds is 5. The van der Waals surface area contributed by atoms with Crippen LogP contribution in [0.1, 0.15) is 60.3 Å². The number of phenols is 1. The molecule has 2 N–H and O–H groups in total. The zero-order valence-corrected chi connectivity index (χ0v) is 16.5. The lowest BCUT2D eigenvalue weighted by Crippen LogP contribution is -2.31. The van der Waals surface area contributed by atoms with Gasteiger partial charge in [-0.1, -0.05) is 19.1 Å². The molecule has 0 bridgehead atoms. The number of nitrogens with one attached hydrogen (secondary N) is 1. The molecule has 6 heteroatoms. The Morgan fingerprint density at radius 1 is 1.24 bits per heavy atom. The number of amides is 1. The number of phenolic OH excluding ortho intramolecular Hbond substituents is 1. The summed E-state index contributed by atoms with van der Waals surface area (Å²) in [4.78, 5) is 17.0. The summed E-state index contributed by atoms with van der Waals surface area (Å²) in [5.41, 5.74) is 2.40. The minimum Gasteiger partial charge on any atom is -0.505 e. The molecule has 0 saturated heterocycles. The zero-order valence-electron chi connectivity index (χ0n) is 16.5. The first-order valence-electron chi connectivity index (χ1n) is 10.2. The molecule has 5 nitrogen and oxygen atoms in total. The number of benzene rings is 2. The van der Waals surface area contributed by atoms with Crippen LogP contribution in [0, 0.1) is 11.7 Å². The summed E-state index contributed by atoms with van der Waals surface area (Å²) in [5.74, 6) is 0.0646. The summed E-state index contributed by atoms with van der Waals surface area (Å²) < 4.78 is 19.7. The van der Waals surface area contributed by atoms with Crippen molar-refractivity contribution in [2.24, 2.45) is 5.92 Å². The van der Waals surface area contributed by atoms with Crippen LogP contribution in [-0.4, -0.2) is 22.5 Å². The van der Waals surface area contributed by atoms with Crippen LogP contribution in [0.15, 0.2) is 40.8 Å². The van der Waals surface area contributed by atoms with Gasteiger partial charge in [-0.3, -0.25) is 4.79 Å². The van der Waals surface area contributed by atoms with E-state index in [2.05, 4.69) is 10.3 Å². The largest absolute Gasteiger partial charge is 0.505 e. The number of hydrogen-bond donors (Lipinski definition) is 2. The second kappa shape index (κ2) is 8.23. The summed E-state index contributed by atoms with van der Waals surface area (Å²) in [6.07, 6.45) is 4.37. The van der Waals surface area contributed by atoms with Gasteiger partial charge in [-0.15, -0.1) is 0 Å². The van der Waals surface area contributed by atoms with Crippen molar-refractivity contribution in [3.05, 3.63) is 59.2 Å². The maximum Gasteiger partial charge on any atom is 0.251 e. The van der Waals surface area contributed by atoms with Crippen LogP contribution in [0.3, 0.4) is 0 Å². The van der Waals surface area contributed by atoms with Gasteiger partial charge in [0.15, 0.2) is 23.0 Å². The van der Waals surface area contributed by atoms with Gasteiger partial charge in [0, 0.05) is 18.0 Å². The first-order chi connectivity index (χ1) is 14.0. The molecule has 1 aliphatic carbocycles. The van der Waals surface area contributed by atoms with Gasteiger partial charge in [0.1, 0.15) is 5.52 Å². The molecule has 0 radical (unpaired) electrons. The molecule has 0 aliphatic heterocycles. The average molecular weight is 396 g/mol. The number of hydrogen-bond acceptors (Lipinski definition) is 4. The molecule has 3 aromatic rings. The fraction of sp³-hybridized carbons (Fsp3) is 0.391. The van der Waals surface area contributed by atoms with E-state index in [9.17, 15) is 14.3 Å². The Morgan fingerprint density at radius 2 is 2.00 bits per heavy atom. The molecule has 1 amide bonds. The van der Waals surface area contributed by atoms with Gasteiger partial charge >= 0.3 is 0 Å². The van der Waals surface area contributed by atoms with Crippen molar-refractivity contribution in [2.45, 2.75) is 44.9 Å². The molecule has 1 heterocycles. The number of oxazole rings is 1. The molecular formula is C23H25FN2O3. The van der Waals surface area contributed by atoms with Gasteiger partial charge < -0.3 is 14.8 Å². The molecule has 4 rings (SSSR count). The summed E-state index contributed by atoms with van der Waals surface area (Å²) in [5, 5.41) is 12.6. The first kappa shape index (κ1) is 19.4. The van der Waals surface area contributed by atoms with Crippen molar-refractivity contribution in [2.75, 3.05) is 6.54 Å². The normalized spacial score (nSPS) is 19.4. The van der Waals surface area contributed by atoms with Crippen LogP contribution >= 0.6 is 0 Å². The third kappa shape index (κ3) is 4.11. The number of aryl methyl sites for hydroxylation is 1. The van der Waals surface area contributed by atoms with E-state index in [-0.39, 0.29) is 17.2 Å². The fourth-order valence-corrected chi connectivity index (χ4v) is 4.07. The number of nitrogens with zero attached hydrogens (tertiary/aromatic N) is 1. The van der Waals surface area contributed by atoms with Crippen LogP contribution in [-0.2, 0) is 6.42 Å². The van der Waals surface area contributed by atoms with E-state index < -0.39 is 5.82 Å². The minimum absolute atomic E-state index is 0.248. The highest BCUT2D eigenvalue weighted by Crippen LogP contribution is 2.36. The van der Waals surface area contributed by atoms with E-state index in [1.165, 1.54) is 0 Å². The Hall–Kier alpha value is -2.89. The highest BCUT2D eigenvalue weighted by molar-refractivity contribution is 5.94. The van der Waals surface area contributed by atoms with Gasteiger partial charge in [0.25, 0.3) is 5.91 Å². The van der Waals surface area contributed by atoms with Gasteiger partial charge in [0.05, 0.1) is 0 Å². The lowest BCUT2D eigenvalue weighted by atomic mass is 9.82. The molecule has 2 aromatic carbocycles. The summed E-state index contributed by atoms with van der Waals surface area (Å²) in [7, 11) is 0. The number of aromatic nitrogens is 1. The van der Waals surface area contributed by atoms with Crippen LogP contribution in [0.2, 0.25) is 0 Å². The standard InChI is InChI=1S/C23H25FN2O3/c1-2-15-11-17(12-18(24)21(15)27)22(28)25-13-14-7-9-16(10-8-14)23-26-19-5-3-4-6-20(19)29-23/h3-6,11-12,14,16,27H,2,7-10,13H2,1H3,(H,25,28)/t14-,16-. The van der Waals surface area contributed by atoms with E-state index >= 15 is 0 Å². The highest BCUT2D eigenvalue weighted by atomic mass is 19.1. The van der Waals surface area contributed by atoms with E-state index in [0.29, 0.717) is 30.4 Å². The molecule has 1 fully saturated rings. The molecule has 1 aromatic heterocycles. The number of carbonyl (C=O) groups is 1. The molecule has 1 aliphatic rings. The van der Waals surface area contributed by atoms with E-state index in [1.54, 1.807) is 6.07 Å². The molecular weight excluding hydrogens is 371 g/mol. The SMILES string of the molecule is CCc1cc(C(=O)NC[C@H]2CC[C@H](c3nc4ccccc4o3)CC2)cc(F)c1O. The first-order valence-corrected chi connectivity index (χ1v) is 10.2. The summed E-state index contributed by atoms with van der Waals surface area (Å²) in [6, 6.07) is 10.4. The number of fused-ring (bicyclic) bond motifs is 1. The van der Waals surface area contributed by atoms with Crippen molar-refractivity contribution in [3.63, 3.8) is 0 Å². The predicted octanol–water partition coefficient (Wildman–Crippen LogP) is 4.94. The number of para-hydroxylation sites is 2. The molecule has 29 heavy (non-hydrogen) atoms. The van der Waals surface area contributed by atoms with Crippen molar-refractivity contribution in [3.8, 4) is 5.75 Å². The molecule has 152 valence electrons. The topological polar surface area (TPSA) is 75.4 Å². The van der Waals surface area contributed by atoms with Crippen molar-refractivity contribution < 1.29 is 18.7 Å². The second-order valence-electron chi connectivity index (χ2n) is 7.77. The maximum absolute atomic E-state index is 13.8. The number of aromatic hydroxyl groups is 1. The predicted molar refractivity (Wildman–Crippen MR) is 108 cm³/mol. The molecule has 0 spiro atoms. The molecule has 0 atom stereocenters. The van der Waals surface area contributed by atoms with Crippen LogP contribution < -0.4 is 5.32 Å². The lowest BCUT2D eigenvalue weighted by molar-refractivity contribution is 0.0941. The van der Waals surface area contributed by atoms with Crippen LogP contribution in [0.5, 0.6) is 5.75 Å². The minimum atomic E-state index is -0.756. The molecule has 1 saturated carbocycles. The third-order valence-electron chi connectivity index (χ3n) is 5.84. The van der Waals surface area contributed by atoms with Gasteiger partial charge in [0.2, 0.25) is 0 Å². The Kier molecular flexibility index (Phi) is 5.51. The monoisotopic (exact) mass is 396 g/mol. The fourth-order valence-electron chi connectivity index (χ4n) is 4.07. The Balaban J connectivity index is 1.32. The number of halogens is 1.